The second-order valence-corrected chi connectivity index (χ2v) is 9.82. The molecule has 0 spiro atoms. The lowest BCUT2D eigenvalue weighted by Crippen LogP contribution is -2.56. The lowest BCUT2D eigenvalue weighted by Gasteiger charge is -2.54. The van der Waals surface area contributed by atoms with Crippen LogP contribution in [0, 0.1) is 23.7 Å². The Labute approximate surface area is 175 Å². The number of carbonyl (C=O) groups excluding carboxylic acids is 1. The first-order valence-corrected chi connectivity index (χ1v) is 11.6. The summed E-state index contributed by atoms with van der Waals surface area (Å²) >= 11 is 1.45. The van der Waals surface area contributed by atoms with Crippen LogP contribution in [0.4, 0.5) is 0 Å². The fourth-order valence-electron chi connectivity index (χ4n) is 6.02. The van der Waals surface area contributed by atoms with E-state index in [1.807, 2.05) is 35.9 Å². The molecule has 0 saturated heterocycles. The van der Waals surface area contributed by atoms with E-state index in [2.05, 4.69) is 15.5 Å². The predicted octanol–water partition coefficient (Wildman–Crippen LogP) is 3.52. The molecule has 4 aliphatic carbocycles. The van der Waals surface area contributed by atoms with E-state index >= 15 is 0 Å². The molecule has 0 atom stereocenters. The Balaban J connectivity index is 1.22. The van der Waals surface area contributed by atoms with Crippen LogP contribution in [0.2, 0.25) is 0 Å². The van der Waals surface area contributed by atoms with Gasteiger partial charge in [-0.3, -0.25) is 4.79 Å². The molecule has 4 bridgehead atoms. The zero-order valence-corrected chi connectivity index (χ0v) is 17.8. The Kier molecular flexibility index (Phi) is 5.02. The van der Waals surface area contributed by atoms with Crippen molar-refractivity contribution in [1.29, 1.82) is 0 Å². The van der Waals surface area contributed by atoms with Gasteiger partial charge in [0, 0.05) is 13.1 Å². The zero-order valence-electron chi connectivity index (χ0n) is 17.0. The molecular formula is C22H28N4O2S. The van der Waals surface area contributed by atoms with Gasteiger partial charge in [-0.25, -0.2) is 0 Å². The zero-order chi connectivity index (χ0) is 20.0. The van der Waals surface area contributed by atoms with Crippen molar-refractivity contribution in [1.82, 2.24) is 20.1 Å². The van der Waals surface area contributed by atoms with Crippen molar-refractivity contribution in [3.05, 3.63) is 24.3 Å². The van der Waals surface area contributed by atoms with E-state index in [1.165, 1.54) is 43.9 Å². The quantitative estimate of drug-likeness (QED) is 0.735. The van der Waals surface area contributed by atoms with Crippen LogP contribution in [0.3, 0.4) is 0 Å². The van der Waals surface area contributed by atoms with Crippen molar-refractivity contribution < 1.29 is 9.53 Å². The summed E-state index contributed by atoms with van der Waals surface area (Å²) in [5.74, 6) is 5.25. The highest BCUT2D eigenvalue weighted by Crippen LogP contribution is 2.53. The van der Waals surface area contributed by atoms with Gasteiger partial charge in [-0.05, 0) is 67.9 Å². The average molecular weight is 413 g/mol. The molecule has 0 radical (unpaired) electrons. The fraction of sp³-hybridized carbons (Fsp3) is 0.591. The number of rotatable bonds is 6. The minimum atomic E-state index is 0.120. The number of methoxy groups -OCH3 is 1. The molecule has 2 aromatic rings. The summed E-state index contributed by atoms with van der Waals surface area (Å²) in [5.41, 5.74) is 0.898. The molecule has 4 aliphatic rings. The maximum Gasteiger partial charge on any atom is 0.230 e. The lowest BCUT2D eigenvalue weighted by atomic mass is 9.54. The molecule has 7 heteroatoms. The summed E-state index contributed by atoms with van der Waals surface area (Å²) in [6.07, 6.45) is 6.70. The topological polar surface area (TPSA) is 69.0 Å². The molecule has 4 saturated carbocycles. The van der Waals surface area contributed by atoms with E-state index in [1.54, 1.807) is 7.11 Å². The van der Waals surface area contributed by atoms with Gasteiger partial charge in [-0.15, -0.1) is 10.2 Å². The molecule has 0 aliphatic heterocycles. The first-order chi connectivity index (χ1) is 14.1. The van der Waals surface area contributed by atoms with Crippen molar-refractivity contribution in [2.45, 2.75) is 43.3 Å². The van der Waals surface area contributed by atoms with Gasteiger partial charge in [-0.1, -0.05) is 23.9 Å². The van der Waals surface area contributed by atoms with E-state index < -0.39 is 0 Å². The third kappa shape index (κ3) is 3.54. The fourth-order valence-corrected chi connectivity index (χ4v) is 6.75. The van der Waals surface area contributed by atoms with E-state index in [9.17, 15) is 4.79 Å². The van der Waals surface area contributed by atoms with E-state index in [-0.39, 0.29) is 5.91 Å². The van der Waals surface area contributed by atoms with Crippen molar-refractivity contribution >= 4 is 17.7 Å². The third-order valence-corrected chi connectivity index (χ3v) is 8.09. The maximum absolute atomic E-state index is 12.7. The van der Waals surface area contributed by atoms with Gasteiger partial charge in [-0.2, -0.15) is 0 Å². The van der Waals surface area contributed by atoms with Crippen molar-refractivity contribution in [2.75, 3.05) is 12.9 Å². The summed E-state index contributed by atoms with van der Waals surface area (Å²) in [5, 5.41) is 12.7. The largest absolute Gasteiger partial charge is 0.496 e. The van der Waals surface area contributed by atoms with Crippen LogP contribution in [-0.2, 0) is 11.8 Å². The van der Waals surface area contributed by atoms with Crippen LogP contribution in [-0.4, -0.2) is 39.6 Å². The molecule has 29 heavy (non-hydrogen) atoms. The van der Waals surface area contributed by atoms with Gasteiger partial charge in [0.2, 0.25) is 5.91 Å². The summed E-state index contributed by atoms with van der Waals surface area (Å²) in [6.45, 7) is 0. The van der Waals surface area contributed by atoms with Gasteiger partial charge in [0.1, 0.15) is 5.75 Å². The Hall–Kier alpha value is -2.02. The lowest BCUT2D eigenvalue weighted by molar-refractivity contribution is -0.122. The minimum Gasteiger partial charge on any atom is -0.496 e. The Morgan fingerprint density at radius 1 is 1.14 bits per heavy atom. The smallest absolute Gasteiger partial charge is 0.230 e. The number of amides is 1. The van der Waals surface area contributed by atoms with E-state index in [0.717, 1.165) is 34.1 Å². The molecule has 6 nitrogen and oxygen atoms in total. The van der Waals surface area contributed by atoms with Crippen LogP contribution < -0.4 is 10.1 Å². The number of carbonyl (C=O) groups is 1. The Bertz CT molecular complexity index is 884. The monoisotopic (exact) mass is 412 g/mol. The van der Waals surface area contributed by atoms with Crippen LogP contribution in [0.1, 0.15) is 32.1 Å². The van der Waals surface area contributed by atoms with E-state index in [4.69, 9.17) is 4.74 Å². The van der Waals surface area contributed by atoms with Crippen molar-refractivity contribution in [3.8, 4) is 17.1 Å². The number of thioether (sulfide) groups is 1. The number of nitrogens with zero attached hydrogens (tertiary/aromatic N) is 3. The number of ether oxygens (including phenoxy) is 1. The first-order valence-electron chi connectivity index (χ1n) is 10.6. The van der Waals surface area contributed by atoms with Gasteiger partial charge in [0.15, 0.2) is 11.0 Å². The summed E-state index contributed by atoms with van der Waals surface area (Å²) in [6, 6.07) is 8.16. The normalized spacial score (nSPS) is 29.8. The molecule has 154 valence electrons. The summed E-state index contributed by atoms with van der Waals surface area (Å²) in [4.78, 5) is 12.7. The highest BCUT2D eigenvalue weighted by atomic mass is 32.2. The molecule has 1 amide bonds. The minimum absolute atomic E-state index is 0.120. The van der Waals surface area contributed by atoms with Crippen LogP contribution in [0.5, 0.6) is 5.75 Å². The molecule has 1 N–H and O–H groups in total. The highest BCUT2D eigenvalue weighted by molar-refractivity contribution is 7.99. The van der Waals surface area contributed by atoms with Crippen molar-refractivity contribution in [2.24, 2.45) is 30.7 Å². The number of hydrogen-bond donors (Lipinski definition) is 1. The second kappa shape index (κ2) is 7.67. The number of benzene rings is 1. The molecule has 6 rings (SSSR count). The summed E-state index contributed by atoms with van der Waals surface area (Å²) < 4.78 is 7.37. The highest BCUT2D eigenvalue weighted by Gasteiger charge is 2.48. The second-order valence-electron chi connectivity index (χ2n) is 8.88. The number of hydrogen-bond acceptors (Lipinski definition) is 5. The molecule has 1 aromatic carbocycles. The number of aromatic nitrogens is 3. The standard InChI is InChI=1S/C22H28N4O2S/c1-26-21(17-5-3-4-6-18(17)28-2)24-25-22(26)29-12-19(27)23-20-15-8-13-7-14(10-15)11-16(20)9-13/h3-6,13-16,20H,7-12H2,1-2H3,(H,23,27). The molecule has 1 heterocycles. The Morgan fingerprint density at radius 2 is 1.83 bits per heavy atom. The SMILES string of the molecule is COc1ccccc1-c1nnc(SCC(=O)NC2C3CC4CC(C3)CC2C4)n1C. The van der Waals surface area contributed by atoms with Gasteiger partial charge >= 0.3 is 0 Å². The van der Waals surface area contributed by atoms with Gasteiger partial charge in [0.05, 0.1) is 18.4 Å². The van der Waals surface area contributed by atoms with Crippen LogP contribution >= 0.6 is 11.8 Å². The number of nitrogens with one attached hydrogen (secondary N) is 1. The number of para-hydroxylation sites is 1. The predicted molar refractivity (Wildman–Crippen MR) is 113 cm³/mol. The molecule has 0 unspecified atom stereocenters. The van der Waals surface area contributed by atoms with Crippen LogP contribution in [0.15, 0.2) is 29.4 Å². The third-order valence-electron chi connectivity index (χ3n) is 7.07. The van der Waals surface area contributed by atoms with E-state index in [0.29, 0.717) is 23.6 Å². The average Bonchev–Trinajstić information content (AvgIpc) is 3.08. The van der Waals surface area contributed by atoms with Gasteiger partial charge < -0.3 is 14.6 Å². The summed E-state index contributed by atoms with van der Waals surface area (Å²) in [7, 11) is 3.58. The first kappa shape index (κ1) is 19.0. The molecule has 4 fully saturated rings. The van der Waals surface area contributed by atoms with Gasteiger partial charge in [0.25, 0.3) is 0 Å². The maximum atomic E-state index is 12.7. The molecular weight excluding hydrogens is 384 g/mol. The van der Waals surface area contributed by atoms with Crippen molar-refractivity contribution in [3.63, 3.8) is 0 Å². The Morgan fingerprint density at radius 3 is 2.52 bits per heavy atom. The van der Waals surface area contributed by atoms with Crippen LogP contribution in [0.25, 0.3) is 11.4 Å². The molecule has 1 aromatic heterocycles.